The quantitative estimate of drug-likeness (QED) is 0.392. The van der Waals surface area contributed by atoms with Crippen molar-refractivity contribution < 1.29 is 22.0 Å². The van der Waals surface area contributed by atoms with E-state index in [1.165, 1.54) is 0 Å². The van der Waals surface area contributed by atoms with Crippen molar-refractivity contribution in [3.8, 4) is 0 Å². The van der Waals surface area contributed by atoms with E-state index in [2.05, 4.69) is 0 Å². The third-order valence-corrected chi connectivity index (χ3v) is 0.416. The molecule has 0 fully saturated rings. The summed E-state index contributed by atoms with van der Waals surface area (Å²) in [4.78, 5) is 0. The van der Waals surface area contributed by atoms with E-state index in [9.17, 15) is 22.0 Å². The van der Waals surface area contributed by atoms with Crippen molar-refractivity contribution in [3.63, 3.8) is 0 Å². The van der Waals surface area contributed by atoms with Crippen LogP contribution < -0.4 is 0 Å². The monoisotopic (exact) mass is 144 g/mol. The van der Waals surface area contributed by atoms with Gasteiger partial charge in [0.05, 0.1) is 0 Å². The van der Waals surface area contributed by atoms with E-state index in [4.69, 9.17) is 0 Å². The normalized spacial score (nSPS) is 8.56. The second kappa shape index (κ2) is 3.21. The predicted molar refractivity (Wildman–Crippen MR) is 20.6 cm³/mol. The number of rotatable bonds is 1. The zero-order valence-corrected chi connectivity index (χ0v) is 3.97. The first kappa shape index (κ1) is 8.13. The Balaban J connectivity index is 4.25. The Bertz CT molecular complexity index is 148. The highest BCUT2D eigenvalue weighted by atomic mass is 19.3. The first-order chi connectivity index (χ1) is 4.04. The van der Waals surface area contributed by atoms with E-state index in [1.807, 2.05) is 0 Å². The Morgan fingerprint density at radius 3 is 1.44 bits per heavy atom. The molecule has 9 heavy (non-hydrogen) atoms. The number of allylic oxidation sites excluding steroid dienone is 2. The topological polar surface area (TPSA) is 0 Å². The lowest BCUT2D eigenvalue weighted by Gasteiger charge is -1.80. The molecule has 0 aliphatic rings. The molecule has 0 N–H and O–H groups in total. The molecule has 0 saturated heterocycles. The summed E-state index contributed by atoms with van der Waals surface area (Å²) in [6.07, 6.45) is -5.78. The molecule has 0 rings (SSSR count). The Kier molecular flexibility index (Phi) is 2.90. The number of hydrogen-bond donors (Lipinski definition) is 0. The van der Waals surface area contributed by atoms with Crippen molar-refractivity contribution in [1.82, 2.24) is 0 Å². The lowest BCUT2D eigenvalue weighted by Crippen LogP contribution is -1.68. The summed E-state index contributed by atoms with van der Waals surface area (Å²) in [6.45, 7) is 0. The smallest absolute Gasteiger partial charge is 0.201 e. The molecular formula is C4HF5. The molecule has 0 aromatic carbocycles. The van der Waals surface area contributed by atoms with Crippen LogP contribution in [0.4, 0.5) is 22.0 Å². The van der Waals surface area contributed by atoms with Gasteiger partial charge in [0.15, 0.2) is 5.83 Å². The van der Waals surface area contributed by atoms with Crippen LogP contribution in [0.3, 0.4) is 0 Å². The van der Waals surface area contributed by atoms with Crippen LogP contribution in [-0.2, 0) is 0 Å². The van der Waals surface area contributed by atoms with Crippen molar-refractivity contribution in [2.75, 3.05) is 0 Å². The minimum atomic E-state index is -2.75. The first-order valence-corrected chi connectivity index (χ1v) is 1.77. The fourth-order valence-electron chi connectivity index (χ4n) is 0.150. The summed E-state index contributed by atoms with van der Waals surface area (Å²) in [5, 5.41) is 0. The van der Waals surface area contributed by atoms with Crippen molar-refractivity contribution in [3.05, 3.63) is 24.1 Å². The fraction of sp³-hybridized carbons (Fsp3) is 0. The molecule has 0 amide bonds. The molecule has 0 heterocycles. The van der Waals surface area contributed by atoms with Crippen LogP contribution >= 0.6 is 0 Å². The van der Waals surface area contributed by atoms with Crippen LogP contribution in [0, 0.1) is 0 Å². The largest absolute Gasteiger partial charge is 0.305 e. The minimum Gasteiger partial charge on any atom is -0.201 e. The molecule has 0 aliphatic heterocycles. The van der Waals surface area contributed by atoms with E-state index in [1.54, 1.807) is 0 Å². The lowest BCUT2D eigenvalue weighted by molar-refractivity contribution is 0.377. The maximum Gasteiger partial charge on any atom is 0.305 e. The van der Waals surface area contributed by atoms with Crippen LogP contribution in [0.1, 0.15) is 0 Å². The first-order valence-electron chi connectivity index (χ1n) is 1.77. The van der Waals surface area contributed by atoms with Gasteiger partial charge >= 0.3 is 6.08 Å². The molecule has 0 aromatic heterocycles. The molecule has 0 aliphatic carbocycles. The van der Waals surface area contributed by atoms with Gasteiger partial charge in [-0.05, 0) is 0 Å². The zero-order chi connectivity index (χ0) is 7.44. The molecule has 0 bridgehead atoms. The summed E-state index contributed by atoms with van der Waals surface area (Å²) in [5.74, 6) is -2.20. The maximum atomic E-state index is 11.3. The third kappa shape index (κ3) is 3.69. The highest BCUT2D eigenvalue weighted by Crippen LogP contribution is 2.13. The van der Waals surface area contributed by atoms with Gasteiger partial charge in [-0.3, -0.25) is 0 Å². The molecule has 0 unspecified atom stereocenters. The Morgan fingerprint density at radius 1 is 0.889 bits per heavy atom. The second-order valence-corrected chi connectivity index (χ2v) is 1.04. The average molecular weight is 144 g/mol. The van der Waals surface area contributed by atoms with Crippen molar-refractivity contribution in [2.45, 2.75) is 0 Å². The Hall–Kier alpha value is -0.870. The van der Waals surface area contributed by atoms with Crippen LogP contribution in [0.25, 0.3) is 0 Å². The van der Waals surface area contributed by atoms with E-state index in [0.717, 1.165) is 0 Å². The molecule has 0 spiro atoms. The standard InChI is InChI=1S/C4HF5/c5-2(4(8)9)1-3(6)7/h1H. The van der Waals surface area contributed by atoms with Crippen molar-refractivity contribution in [1.29, 1.82) is 0 Å². The van der Waals surface area contributed by atoms with Gasteiger partial charge in [-0.15, -0.1) is 0 Å². The third-order valence-electron chi connectivity index (χ3n) is 0.416. The second-order valence-electron chi connectivity index (χ2n) is 1.04. The fourth-order valence-corrected chi connectivity index (χ4v) is 0.150. The van der Waals surface area contributed by atoms with Crippen LogP contribution in [0.15, 0.2) is 24.1 Å². The van der Waals surface area contributed by atoms with Gasteiger partial charge in [0, 0.05) is 6.08 Å². The molecule has 52 valence electrons. The van der Waals surface area contributed by atoms with E-state index < -0.39 is 24.1 Å². The SMILES string of the molecule is FC(F)=CC(F)=C(F)F. The Morgan fingerprint density at radius 2 is 1.33 bits per heavy atom. The van der Waals surface area contributed by atoms with Gasteiger partial charge in [0.1, 0.15) is 0 Å². The number of halogens is 5. The van der Waals surface area contributed by atoms with Crippen LogP contribution in [0.2, 0.25) is 0 Å². The van der Waals surface area contributed by atoms with Gasteiger partial charge in [0.25, 0.3) is 6.08 Å². The average Bonchev–Trinajstić information content (AvgIpc) is 1.63. The van der Waals surface area contributed by atoms with E-state index in [0.29, 0.717) is 0 Å². The van der Waals surface area contributed by atoms with Gasteiger partial charge < -0.3 is 0 Å². The van der Waals surface area contributed by atoms with E-state index >= 15 is 0 Å². The van der Waals surface area contributed by atoms with Crippen molar-refractivity contribution in [2.24, 2.45) is 0 Å². The summed E-state index contributed by atoms with van der Waals surface area (Å²) >= 11 is 0. The molecule has 0 radical (unpaired) electrons. The number of hydrogen-bond acceptors (Lipinski definition) is 0. The van der Waals surface area contributed by atoms with E-state index in [-0.39, 0.29) is 0 Å². The van der Waals surface area contributed by atoms with Gasteiger partial charge in [-0.2, -0.15) is 17.6 Å². The highest BCUT2D eigenvalue weighted by molar-refractivity contribution is 5.11. The Labute approximate surface area is 47.3 Å². The molecule has 0 aromatic rings. The van der Waals surface area contributed by atoms with Crippen molar-refractivity contribution >= 4 is 0 Å². The summed E-state index contributed by atoms with van der Waals surface area (Å²) in [5.41, 5.74) is 0. The molecule has 0 saturated carbocycles. The van der Waals surface area contributed by atoms with Gasteiger partial charge in [-0.25, -0.2) is 4.39 Å². The lowest BCUT2D eigenvalue weighted by atomic mass is 10.5. The van der Waals surface area contributed by atoms with Gasteiger partial charge in [-0.1, -0.05) is 0 Å². The minimum absolute atomic E-state index is 0.546. The maximum absolute atomic E-state index is 11.3. The summed E-state index contributed by atoms with van der Waals surface area (Å²) in [6, 6.07) is 0. The summed E-state index contributed by atoms with van der Waals surface area (Å²) < 4.78 is 55.0. The zero-order valence-electron chi connectivity index (χ0n) is 3.97. The molecule has 5 heteroatoms. The molecule has 0 atom stereocenters. The molecule has 0 nitrogen and oxygen atoms in total. The summed E-state index contributed by atoms with van der Waals surface area (Å²) in [7, 11) is 0. The van der Waals surface area contributed by atoms with Crippen LogP contribution in [-0.4, -0.2) is 0 Å². The van der Waals surface area contributed by atoms with Crippen LogP contribution in [0.5, 0.6) is 0 Å². The predicted octanol–water partition coefficient (Wildman–Crippen LogP) is 2.84. The van der Waals surface area contributed by atoms with Gasteiger partial charge in [0.2, 0.25) is 0 Å². The highest BCUT2D eigenvalue weighted by Gasteiger charge is 2.02. The molecular weight excluding hydrogens is 143 g/mol.